The zero-order chi connectivity index (χ0) is 14.0. The van der Waals surface area contributed by atoms with E-state index in [2.05, 4.69) is 60.2 Å². The Morgan fingerprint density at radius 3 is 2.60 bits per heavy atom. The van der Waals surface area contributed by atoms with Crippen LogP contribution >= 0.6 is 0 Å². The van der Waals surface area contributed by atoms with Gasteiger partial charge in [-0.3, -0.25) is 4.90 Å². The molecule has 1 atom stereocenters. The van der Waals surface area contributed by atoms with Gasteiger partial charge in [0, 0.05) is 19.6 Å². The summed E-state index contributed by atoms with van der Waals surface area (Å²) in [6.45, 7) is 8.53. The normalized spacial score (nSPS) is 28.6. The minimum atomic E-state index is 0.599. The molecule has 0 bridgehead atoms. The summed E-state index contributed by atoms with van der Waals surface area (Å²) in [7, 11) is 2.26. The van der Waals surface area contributed by atoms with E-state index in [0.717, 1.165) is 6.54 Å². The maximum absolute atomic E-state index is 2.65. The molecule has 2 nitrogen and oxygen atoms in total. The second-order valence-corrected chi connectivity index (χ2v) is 6.85. The number of hydrogen-bond acceptors (Lipinski definition) is 2. The number of likely N-dealkylation sites (tertiary alicyclic amines) is 2. The van der Waals surface area contributed by atoms with Gasteiger partial charge in [-0.15, -0.1) is 0 Å². The summed E-state index contributed by atoms with van der Waals surface area (Å²) in [6.07, 6.45) is 5.10. The highest BCUT2D eigenvalue weighted by Gasteiger charge is 2.41. The molecule has 1 aromatic carbocycles. The SMILES string of the molecule is CC(=Cc1ccccc1)CN1CCC2(CCN(C)C2)C1. The van der Waals surface area contributed by atoms with E-state index >= 15 is 0 Å². The highest BCUT2D eigenvalue weighted by molar-refractivity contribution is 5.52. The van der Waals surface area contributed by atoms with Crippen molar-refractivity contribution in [2.24, 2.45) is 5.41 Å². The number of benzene rings is 1. The first-order valence-corrected chi connectivity index (χ1v) is 7.78. The number of nitrogens with zero attached hydrogens (tertiary/aromatic N) is 2. The highest BCUT2D eigenvalue weighted by atomic mass is 15.2. The number of rotatable bonds is 3. The Morgan fingerprint density at radius 2 is 1.90 bits per heavy atom. The van der Waals surface area contributed by atoms with E-state index in [1.165, 1.54) is 50.2 Å². The molecule has 2 saturated heterocycles. The average Bonchev–Trinajstić information content (AvgIpc) is 2.98. The van der Waals surface area contributed by atoms with Crippen molar-refractivity contribution < 1.29 is 0 Å². The van der Waals surface area contributed by atoms with Crippen LogP contribution in [0.15, 0.2) is 35.9 Å². The fourth-order valence-electron chi connectivity index (χ4n) is 3.89. The Labute approximate surface area is 123 Å². The Bertz CT molecular complexity index is 479. The third-order valence-electron chi connectivity index (χ3n) is 4.83. The third kappa shape index (κ3) is 3.13. The van der Waals surface area contributed by atoms with Crippen molar-refractivity contribution in [1.82, 2.24) is 9.80 Å². The second-order valence-electron chi connectivity index (χ2n) is 6.85. The lowest BCUT2D eigenvalue weighted by atomic mass is 9.86. The van der Waals surface area contributed by atoms with E-state index in [-0.39, 0.29) is 0 Å². The van der Waals surface area contributed by atoms with Crippen molar-refractivity contribution in [3.05, 3.63) is 41.5 Å². The lowest BCUT2D eigenvalue weighted by Gasteiger charge is -2.24. The zero-order valence-electron chi connectivity index (χ0n) is 12.8. The molecule has 1 unspecified atom stereocenters. The topological polar surface area (TPSA) is 6.48 Å². The van der Waals surface area contributed by atoms with Crippen molar-refractivity contribution in [1.29, 1.82) is 0 Å². The fourth-order valence-corrected chi connectivity index (χ4v) is 3.89. The summed E-state index contributed by atoms with van der Waals surface area (Å²) in [5.74, 6) is 0. The predicted octanol–water partition coefficient (Wildman–Crippen LogP) is 3.12. The highest BCUT2D eigenvalue weighted by Crippen LogP contribution is 2.38. The molecule has 3 rings (SSSR count). The Morgan fingerprint density at radius 1 is 1.15 bits per heavy atom. The first-order valence-electron chi connectivity index (χ1n) is 7.78. The molecular weight excluding hydrogens is 244 g/mol. The molecule has 0 radical (unpaired) electrons. The first kappa shape index (κ1) is 13.8. The van der Waals surface area contributed by atoms with Gasteiger partial charge >= 0.3 is 0 Å². The third-order valence-corrected chi connectivity index (χ3v) is 4.83. The van der Waals surface area contributed by atoms with Crippen LogP contribution in [-0.2, 0) is 0 Å². The Balaban J connectivity index is 1.58. The maximum atomic E-state index is 2.65. The van der Waals surface area contributed by atoms with E-state index in [0.29, 0.717) is 5.41 Å². The van der Waals surface area contributed by atoms with Gasteiger partial charge in [-0.05, 0) is 50.9 Å². The molecular formula is C18H26N2. The largest absolute Gasteiger partial charge is 0.306 e. The molecule has 108 valence electrons. The zero-order valence-corrected chi connectivity index (χ0v) is 12.8. The van der Waals surface area contributed by atoms with E-state index in [1.807, 2.05) is 0 Å². The molecule has 20 heavy (non-hydrogen) atoms. The Hall–Kier alpha value is -1.12. The smallest absolute Gasteiger partial charge is 0.0193 e. The van der Waals surface area contributed by atoms with Gasteiger partial charge < -0.3 is 4.90 Å². The van der Waals surface area contributed by atoms with Crippen LogP contribution in [0.25, 0.3) is 6.08 Å². The van der Waals surface area contributed by atoms with E-state index in [1.54, 1.807) is 0 Å². The van der Waals surface area contributed by atoms with Gasteiger partial charge in [0.25, 0.3) is 0 Å². The van der Waals surface area contributed by atoms with Gasteiger partial charge in [0.2, 0.25) is 0 Å². The molecule has 2 heteroatoms. The van der Waals surface area contributed by atoms with Crippen LogP contribution in [0.3, 0.4) is 0 Å². The molecule has 0 aliphatic carbocycles. The van der Waals surface area contributed by atoms with Crippen LogP contribution in [0.2, 0.25) is 0 Å². The molecule has 0 saturated carbocycles. The van der Waals surface area contributed by atoms with Crippen molar-refractivity contribution in [2.45, 2.75) is 19.8 Å². The fraction of sp³-hybridized carbons (Fsp3) is 0.556. The molecule has 1 spiro atoms. The minimum absolute atomic E-state index is 0.599. The second kappa shape index (κ2) is 5.71. The molecule has 1 aromatic rings. The van der Waals surface area contributed by atoms with Crippen LogP contribution in [0.5, 0.6) is 0 Å². The summed E-state index contributed by atoms with van der Waals surface area (Å²) < 4.78 is 0. The van der Waals surface area contributed by atoms with Crippen molar-refractivity contribution >= 4 is 6.08 Å². The van der Waals surface area contributed by atoms with Gasteiger partial charge in [0.05, 0.1) is 0 Å². The van der Waals surface area contributed by atoms with Crippen LogP contribution in [0.4, 0.5) is 0 Å². The van der Waals surface area contributed by atoms with Crippen LogP contribution < -0.4 is 0 Å². The van der Waals surface area contributed by atoms with E-state index < -0.39 is 0 Å². The number of hydrogen-bond donors (Lipinski definition) is 0. The van der Waals surface area contributed by atoms with Crippen molar-refractivity contribution in [3.8, 4) is 0 Å². The van der Waals surface area contributed by atoms with Gasteiger partial charge in [-0.2, -0.15) is 0 Å². The van der Waals surface area contributed by atoms with Crippen LogP contribution in [-0.4, -0.2) is 49.6 Å². The van der Waals surface area contributed by atoms with E-state index in [4.69, 9.17) is 0 Å². The lowest BCUT2D eigenvalue weighted by Crippen LogP contribution is -2.30. The summed E-state index contributed by atoms with van der Waals surface area (Å²) in [4.78, 5) is 5.14. The molecule has 0 amide bonds. The van der Waals surface area contributed by atoms with Gasteiger partial charge in [0.1, 0.15) is 0 Å². The molecule has 2 heterocycles. The maximum Gasteiger partial charge on any atom is 0.0193 e. The monoisotopic (exact) mass is 270 g/mol. The standard InChI is InChI=1S/C18H26N2/c1-16(12-17-6-4-3-5-7-17)13-20-11-9-18(15-20)8-10-19(2)14-18/h3-7,12H,8-11,13-15H2,1-2H3. The average molecular weight is 270 g/mol. The summed E-state index contributed by atoms with van der Waals surface area (Å²) in [5, 5.41) is 0. The summed E-state index contributed by atoms with van der Waals surface area (Å²) >= 11 is 0. The predicted molar refractivity (Wildman–Crippen MR) is 85.7 cm³/mol. The molecule has 0 N–H and O–H groups in total. The molecule has 2 aliphatic heterocycles. The minimum Gasteiger partial charge on any atom is -0.306 e. The molecule has 2 fully saturated rings. The van der Waals surface area contributed by atoms with Gasteiger partial charge in [-0.1, -0.05) is 42.0 Å². The Kier molecular flexibility index (Phi) is 3.95. The van der Waals surface area contributed by atoms with Gasteiger partial charge in [0.15, 0.2) is 0 Å². The van der Waals surface area contributed by atoms with Crippen molar-refractivity contribution in [3.63, 3.8) is 0 Å². The molecule has 2 aliphatic rings. The van der Waals surface area contributed by atoms with Crippen LogP contribution in [0, 0.1) is 5.41 Å². The van der Waals surface area contributed by atoms with Gasteiger partial charge in [-0.25, -0.2) is 0 Å². The van der Waals surface area contributed by atoms with Crippen LogP contribution in [0.1, 0.15) is 25.3 Å². The first-order chi connectivity index (χ1) is 9.65. The summed E-state index contributed by atoms with van der Waals surface area (Å²) in [5.41, 5.74) is 3.39. The van der Waals surface area contributed by atoms with E-state index in [9.17, 15) is 0 Å². The quantitative estimate of drug-likeness (QED) is 0.832. The molecule has 0 aromatic heterocycles. The lowest BCUT2D eigenvalue weighted by molar-refractivity contribution is 0.265. The van der Waals surface area contributed by atoms with Crippen molar-refractivity contribution in [2.75, 3.05) is 39.8 Å². The summed E-state index contributed by atoms with van der Waals surface area (Å²) in [6, 6.07) is 10.7.